The molecular weight excluding hydrogens is 302 g/mol. The van der Waals surface area contributed by atoms with Crippen LogP contribution in [0.3, 0.4) is 0 Å². The zero-order chi connectivity index (χ0) is 13.7. The lowest BCUT2D eigenvalue weighted by molar-refractivity contribution is 0.548. The molecule has 1 aromatic heterocycles. The summed E-state index contributed by atoms with van der Waals surface area (Å²) in [6.45, 7) is 7.14. The van der Waals surface area contributed by atoms with Crippen LogP contribution >= 0.6 is 15.9 Å². The van der Waals surface area contributed by atoms with Gasteiger partial charge in [0.2, 0.25) is 0 Å². The number of aromatic nitrogens is 2. The third-order valence-electron chi connectivity index (χ3n) is 2.80. The lowest BCUT2D eigenvalue weighted by atomic mass is 10.2. The molecule has 0 bridgehead atoms. The Balaban J connectivity index is 1.90. The van der Waals surface area contributed by atoms with Crippen molar-refractivity contribution in [3.8, 4) is 0 Å². The molecule has 2 aromatic rings. The first-order valence-corrected chi connectivity index (χ1v) is 7.38. The van der Waals surface area contributed by atoms with E-state index in [0.717, 1.165) is 29.8 Å². The Morgan fingerprint density at radius 1 is 1.37 bits per heavy atom. The third kappa shape index (κ3) is 4.80. The van der Waals surface area contributed by atoms with Crippen molar-refractivity contribution < 1.29 is 0 Å². The minimum absolute atomic E-state index is 0.670. The van der Waals surface area contributed by atoms with Crippen molar-refractivity contribution in [2.24, 2.45) is 5.92 Å². The van der Waals surface area contributed by atoms with Crippen molar-refractivity contribution in [2.45, 2.75) is 26.9 Å². The molecule has 1 aromatic carbocycles. The summed E-state index contributed by atoms with van der Waals surface area (Å²) in [4.78, 5) is 4.42. The van der Waals surface area contributed by atoms with Crippen LogP contribution in [0.25, 0.3) is 0 Å². The van der Waals surface area contributed by atoms with Crippen molar-refractivity contribution in [3.05, 3.63) is 52.5 Å². The van der Waals surface area contributed by atoms with Gasteiger partial charge in [-0.1, -0.05) is 41.9 Å². The van der Waals surface area contributed by atoms with E-state index in [-0.39, 0.29) is 0 Å². The molecule has 0 unspecified atom stereocenters. The Bertz CT molecular complexity index is 520. The summed E-state index contributed by atoms with van der Waals surface area (Å²) in [5.74, 6) is 0.670. The monoisotopic (exact) mass is 321 g/mol. The smallest absolute Gasteiger partial charge is 0.0953 e. The van der Waals surface area contributed by atoms with E-state index in [2.05, 4.69) is 69.0 Å². The lowest BCUT2D eigenvalue weighted by Gasteiger charge is -2.05. The Labute approximate surface area is 123 Å². The second-order valence-electron chi connectivity index (χ2n) is 5.19. The van der Waals surface area contributed by atoms with Crippen molar-refractivity contribution in [2.75, 3.05) is 6.54 Å². The Hall–Kier alpha value is -1.13. The van der Waals surface area contributed by atoms with Gasteiger partial charge >= 0.3 is 0 Å². The normalized spacial score (nSPS) is 11.2. The van der Waals surface area contributed by atoms with Gasteiger partial charge in [-0.15, -0.1) is 0 Å². The quantitative estimate of drug-likeness (QED) is 0.883. The standard InChI is InChI=1S/C15H20BrN3/c1-12(2)7-17-8-15-10-19(11-18-15)9-13-4-3-5-14(16)6-13/h3-6,10-12,17H,7-9H2,1-2H3. The summed E-state index contributed by atoms with van der Waals surface area (Å²) in [7, 11) is 0. The van der Waals surface area contributed by atoms with E-state index in [0.29, 0.717) is 5.92 Å². The summed E-state index contributed by atoms with van der Waals surface area (Å²) in [5.41, 5.74) is 2.36. The molecule has 3 nitrogen and oxygen atoms in total. The highest BCUT2D eigenvalue weighted by molar-refractivity contribution is 9.10. The first-order chi connectivity index (χ1) is 9.13. The highest BCUT2D eigenvalue weighted by Gasteiger charge is 2.01. The average Bonchev–Trinajstić information content (AvgIpc) is 2.76. The highest BCUT2D eigenvalue weighted by atomic mass is 79.9. The van der Waals surface area contributed by atoms with Crippen LogP contribution in [-0.4, -0.2) is 16.1 Å². The first-order valence-electron chi connectivity index (χ1n) is 6.59. The van der Waals surface area contributed by atoms with Gasteiger partial charge in [0, 0.05) is 23.8 Å². The minimum Gasteiger partial charge on any atom is -0.333 e. The Morgan fingerprint density at radius 2 is 2.21 bits per heavy atom. The van der Waals surface area contributed by atoms with Crippen LogP contribution in [0.4, 0.5) is 0 Å². The molecule has 19 heavy (non-hydrogen) atoms. The molecule has 0 amide bonds. The molecule has 0 aliphatic rings. The van der Waals surface area contributed by atoms with Gasteiger partial charge in [-0.05, 0) is 30.2 Å². The van der Waals surface area contributed by atoms with Crippen LogP contribution in [0.15, 0.2) is 41.3 Å². The van der Waals surface area contributed by atoms with Gasteiger partial charge in [0.1, 0.15) is 0 Å². The van der Waals surface area contributed by atoms with Gasteiger partial charge in [-0.3, -0.25) is 0 Å². The Kier molecular flexibility index (Phi) is 5.16. The number of hydrogen-bond acceptors (Lipinski definition) is 2. The average molecular weight is 322 g/mol. The number of halogens is 1. The van der Waals surface area contributed by atoms with Crippen molar-refractivity contribution >= 4 is 15.9 Å². The summed E-state index contributed by atoms with van der Waals surface area (Å²) in [6.07, 6.45) is 4.00. The van der Waals surface area contributed by atoms with Crippen LogP contribution in [0.1, 0.15) is 25.1 Å². The molecule has 0 saturated heterocycles. The van der Waals surface area contributed by atoms with Crippen LogP contribution in [-0.2, 0) is 13.1 Å². The maximum absolute atomic E-state index is 4.42. The lowest BCUT2D eigenvalue weighted by Crippen LogP contribution is -2.19. The molecule has 0 fully saturated rings. The molecular formula is C15H20BrN3. The van der Waals surface area contributed by atoms with E-state index in [9.17, 15) is 0 Å². The van der Waals surface area contributed by atoms with Crippen LogP contribution < -0.4 is 5.32 Å². The molecule has 0 aliphatic carbocycles. The summed E-state index contributed by atoms with van der Waals surface area (Å²) >= 11 is 3.49. The van der Waals surface area contributed by atoms with E-state index in [1.807, 2.05) is 12.4 Å². The molecule has 1 N–H and O–H groups in total. The number of hydrogen-bond donors (Lipinski definition) is 1. The van der Waals surface area contributed by atoms with E-state index in [4.69, 9.17) is 0 Å². The molecule has 0 radical (unpaired) electrons. The predicted molar refractivity (Wildman–Crippen MR) is 82.0 cm³/mol. The molecule has 2 rings (SSSR count). The SMILES string of the molecule is CC(C)CNCc1cn(Cc2cccc(Br)c2)cn1. The zero-order valence-corrected chi connectivity index (χ0v) is 13.0. The van der Waals surface area contributed by atoms with E-state index in [1.54, 1.807) is 0 Å². The van der Waals surface area contributed by atoms with Gasteiger partial charge < -0.3 is 9.88 Å². The summed E-state index contributed by atoms with van der Waals surface area (Å²) < 4.78 is 3.23. The van der Waals surface area contributed by atoms with Crippen LogP contribution in [0.5, 0.6) is 0 Å². The molecule has 1 heterocycles. The van der Waals surface area contributed by atoms with E-state index in [1.165, 1.54) is 5.56 Å². The van der Waals surface area contributed by atoms with Crippen LogP contribution in [0, 0.1) is 5.92 Å². The molecule has 0 spiro atoms. The van der Waals surface area contributed by atoms with Gasteiger partial charge in [0.25, 0.3) is 0 Å². The van der Waals surface area contributed by atoms with Gasteiger partial charge in [-0.25, -0.2) is 4.98 Å². The topological polar surface area (TPSA) is 29.9 Å². The third-order valence-corrected chi connectivity index (χ3v) is 3.29. The summed E-state index contributed by atoms with van der Waals surface area (Å²) in [6, 6.07) is 8.36. The van der Waals surface area contributed by atoms with E-state index < -0.39 is 0 Å². The molecule has 102 valence electrons. The number of rotatable bonds is 6. The second kappa shape index (κ2) is 6.87. The van der Waals surface area contributed by atoms with Crippen molar-refractivity contribution in [3.63, 3.8) is 0 Å². The molecule has 4 heteroatoms. The van der Waals surface area contributed by atoms with Gasteiger partial charge in [0.15, 0.2) is 0 Å². The maximum Gasteiger partial charge on any atom is 0.0953 e. The van der Waals surface area contributed by atoms with E-state index >= 15 is 0 Å². The fourth-order valence-electron chi connectivity index (χ4n) is 1.92. The minimum atomic E-state index is 0.670. The van der Waals surface area contributed by atoms with Crippen molar-refractivity contribution in [1.82, 2.24) is 14.9 Å². The van der Waals surface area contributed by atoms with Crippen LogP contribution in [0.2, 0.25) is 0 Å². The summed E-state index contributed by atoms with van der Waals surface area (Å²) in [5, 5.41) is 3.40. The van der Waals surface area contributed by atoms with Gasteiger partial charge in [-0.2, -0.15) is 0 Å². The molecule has 0 atom stereocenters. The number of nitrogens with one attached hydrogen (secondary N) is 1. The van der Waals surface area contributed by atoms with Gasteiger partial charge in [0.05, 0.1) is 12.0 Å². The zero-order valence-electron chi connectivity index (χ0n) is 11.4. The highest BCUT2D eigenvalue weighted by Crippen LogP contribution is 2.12. The second-order valence-corrected chi connectivity index (χ2v) is 6.11. The maximum atomic E-state index is 4.42. The number of benzene rings is 1. The molecule has 0 aliphatic heterocycles. The molecule has 0 saturated carbocycles. The first kappa shape index (κ1) is 14.3. The van der Waals surface area contributed by atoms with Crippen molar-refractivity contribution in [1.29, 1.82) is 0 Å². The predicted octanol–water partition coefficient (Wildman–Crippen LogP) is 3.44. The Morgan fingerprint density at radius 3 is 2.95 bits per heavy atom. The number of imidazole rings is 1. The fraction of sp³-hybridized carbons (Fsp3) is 0.400. The largest absolute Gasteiger partial charge is 0.333 e. The number of nitrogens with zero attached hydrogens (tertiary/aromatic N) is 2. The fourth-order valence-corrected chi connectivity index (χ4v) is 2.37.